The number of anilines is 1. The first-order valence-corrected chi connectivity index (χ1v) is 12.9. The number of likely N-dealkylation sites (N-methyl/N-ethyl adjacent to an activating group) is 1. The smallest absolute Gasteiger partial charge is 0.255 e. The van der Waals surface area contributed by atoms with Crippen LogP contribution >= 0.6 is 0 Å². The second-order valence-electron chi connectivity index (χ2n) is 9.15. The zero-order valence-electron chi connectivity index (χ0n) is 20.1. The number of ether oxygens (including phenoxy) is 1. The van der Waals surface area contributed by atoms with Crippen LogP contribution in [0.2, 0.25) is 0 Å². The minimum Gasteiger partial charge on any atom is -0.373 e. The average molecular weight is 485 g/mol. The maximum atomic E-state index is 13.2. The molecule has 3 aromatic rings. The van der Waals surface area contributed by atoms with E-state index in [2.05, 4.69) is 14.8 Å². The summed E-state index contributed by atoms with van der Waals surface area (Å²) in [6, 6.07) is 14.0. The normalized spacial score (nSPS) is 19.6. The van der Waals surface area contributed by atoms with E-state index in [1.807, 2.05) is 58.4 Å². The highest BCUT2D eigenvalue weighted by Crippen LogP contribution is 2.24. The largest absolute Gasteiger partial charge is 0.373 e. The number of fused-ring (bicyclic) bond motifs is 1. The maximum absolute atomic E-state index is 13.2. The van der Waals surface area contributed by atoms with Crippen molar-refractivity contribution in [2.24, 2.45) is 0 Å². The van der Waals surface area contributed by atoms with Crippen molar-refractivity contribution in [1.82, 2.24) is 13.8 Å². The van der Waals surface area contributed by atoms with Crippen molar-refractivity contribution in [3.05, 3.63) is 60.3 Å². The van der Waals surface area contributed by atoms with Gasteiger partial charge in [-0.3, -0.25) is 4.79 Å². The molecule has 1 saturated heterocycles. The van der Waals surface area contributed by atoms with Crippen molar-refractivity contribution in [3.8, 4) is 0 Å². The van der Waals surface area contributed by atoms with E-state index in [1.165, 1.54) is 16.4 Å². The van der Waals surface area contributed by atoms with Gasteiger partial charge in [0.05, 0.1) is 17.1 Å². The summed E-state index contributed by atoms with van der Waals surface area (Å²) >= 11 is 0. The van der Waals surface area contributed by atoms with Gasteiger partial charge in [0, 0.05) is 54.5 Å². The SMILES string of the molecule is CC1CN(S(=O)(=O)c2cccc(C(=O)Nc3ccc4c(ccn4CCN(C)C)c3)c2)CC(C)O1. The number of hydrogen-bond donors (Lipinski definition) is 1. The first-order valence-electron chi connectivity index (χ1n) is 11.4. The van der Waals surface area contributed by atoms with E-state index in [9.17, 15) is 13.2 Å². The molecule has 1 N–H and O–H groups in total. The molecule has 2 atom stereocenters. The number of benzene rings is 2. The average Bonchev–Trinajstić information content (AvgIpc) is 3.19. The summed E-state index contributed by atoms with van der Waals surface area (Å²) in [6.07, 6.45) is 1.68. The standard InChI is InChI=1S/C25H32N4O4S/c1-18-16-29(17-19(2)33-18)34(31,32)23-7-5-6-21(15-23)25(30)26-22-8-9-24-20(14-22)10-11-28(24)13-12-27(3)4/h5-11,14-15,18-19H,12-13,16-17H2,1-4H3,(H,26,30). The molecule has 34 heavy (non-hydrogen) atoms. The van der Waals surface area contributed by atoms with E-state index in [4.69, 9.17) is 4.74 Å². The molecule has 2 heterocycles. The zero-order chi connectivity index (χ0) is 24.5. The van der Waals surface area contributed by atoms with Crippen LogP contribution in [0.25, 0.3) is 10.9 Å². The number of morpholine rings is 1. The van der Waals surface area contributed by atoms with Gasteiger partial charge in [-0.05, 0) is 70.4 Å². The van der Waals surface area contributed by atoms with Crippen LogP contribution < -0.4 is 5.32 Å². The molecule has 2 aromatic carbocycles. The summed E-state index contributed by atoms with van der Waals surface area (Å²) in [6.45, 7) is 6.10. The summed E-state index contributed by atoms with van der Waals surface area (Å²) in [7, 11) is 0.359. The van der Waals surface area contributed by atoms with Gasteiger partial charge in [-0.25, -0.2) is 8.42 Å². The van der Waals surface area contributed by atoms with Crippen molar-refractivity contribution in [2.45, 2.75) is 37.5 Å². The summed E-state index contributed by atoms with van der Waals surface area (Å²) < 4.78 is 35.6. The van der Waals surface area contributed by atoms with Gasteiger partial charge in [-0.15, -0.1) is 0 Å². The number of rotatable bonds is 7. The molecule has 4 rings (SSSR count). The predicted molar refractivity (Wildman–Crippen MR) is 134 cm³/mol. The highest BCUT2D eigenvalue weighted by atomic mass is 32.2. The molecule has 9 heteroatoms. The van der Waals surface area contributed by atoms with E-state index in [1.54, 1.807) is 12.1 Å². The second kappa shape index (κ2) is 9.87. The lowest BCUT2D eigenvalue weighted by atomic mass is 10.2. The van der Waals surface area contributed by atoms with Crippen LogP contribution in [0, 0.1) is 0 Å². The number of nitrogens with one attached hydrogen (secondary N) is 1. The lowest BCUT2D eigenvalue weighted by molar-refractivity contribution is -0.0440. The van der Waals surface area contributed by atoms with Crippen LogP contribution in [0.4, 0.5) is 5.69 Å². The van der Waals surface area contributed by atoms with E-state index in [0.717, 1.165) is 24.0 Å². The van der Waals surface area contributed by atoms with Gasteiger partial charge in [0.2, 0.25) is 10.0 Å². The molecule has 0 saturated carbocycles. The van der Waals surface area contributed by atoms with Crippen molar-refractivity contribution < 1.29 is 17.9 Å². The Morgan fingerprint density at radius 2 is 1.82 bits per heavy atom. The van der Waals surface area contributed by atoms with Gasteiger partial charge < -0.3 is 19.5 Å². The number of carbonyl (C=O) groups excluding carboxylic acids is 1. The highest BCUT2D eigenvalue weighted by Gasteiger charge is 2.32. The summed E-state index contributed by atoms with van der Waals surface area (Å²) in [4.78, 5) is 15.2. The Bertz CT molecular complexity index is 1280. The van der Waals surface area contributed by atoms with Gasteiger partial charge in [-0.1, -0.05) is 6.07 Å². The van der Waals surface area contributed by atoms with Gasteiger partial charge in [0.15, 0.2) is 0 Å². The molecular weight excluding hydrogens is 452 g/mol. The van der Waals surface area contributed by atoms with Crippen molar-refractivity contribution >= 4 is 32.5 Å². The van der Waals surface area contributed by atoms with Crippen LogP contribution in [0.15, 0.2) is 59.6 Å². The van der Waals surface area contributed by atoms with E-state index >= 15 is 0 Å². The minimum atomic E-state index is -3.73. The van der Waals surface area contributed by atoms with E-state index < -0.39 is 10.0 Å². The molecule has 1 aromatic heterocycles. The Morgan fingerprint density at radius 1 is 1.09 bits per heavy atom. The molecule has 0 bridgehead atoms. The monoisotopic (exact) mass is 484 g/mol. The Kier molecular flexibility index (Phi) is 7.09. The van der Waals surface area contributed by atoms with Gasteiger partial charge in [0.1, 0.15) is 0 Å². The molecule has 1 amide bonds. The fraction of sp³-hybridized carbons (Fsp3) is 0.400. The lowest BCUT2D eigenvalue weighted by Gasteiger charge is -2.34. The van der Waals surface area contributed by atoms with Crippen LogP contribution in [0.1, 0.15) is 24.2 Å². The Labute approximate surface area is 201 Å². The fourth-order valence-corrected chi connectivity index (χ4v) is 5.89. The van der Waals surface area contributed by atoms with Crippen molar-refractivity contribution in [2.75, 3.05) is 39.0 Å². The quantitative estimate of drug-likeness (QED) is 0.557. The molecule has 182 valence electrons. The van der Waals surface area contributed by atoms with Gasteiger partial charge in [0.25, 0.3) is 5.91 Å². The van der Waals surface area contributed by atoms with Crippen LogP contribution in [-0.4, -0.2) is 74.0 Å². The van der Waals surface area contributed by atoms with Crippen LogP contribution in [0.5, 0.6) is 0 Å². The number of nitrogens with zero attached hydrogens (tertiary/aromatic N) is 3. The van der Waals surface area contributed by atoms with Crippen molar-refractivity contribution in [1.29, 1.82) is 0 Å². The number of amides is 1. The summed E-state index contributed by atoms with van der Waals surface area (Å²) in [5.74, 6) is -0.354. The third-order valence-electron chi connectivity index (χ3n) is 5.94. The molecule has 8 nitrogen and oxygen atoms in total. The van der Waals surface area contributed by atoms with Crippen LogP contribution in [0.3, 0.4) is 0 Å². The third kappa shape index (κ3) is 5.33. The first-order chi connectivity index (χ1) is 16.1. The molecule has 1 aliphatic rings. The molecule has 0 aliphatic carbocycles. The predicted octanol–water partition coefficient (Wildman–Crippen LogP) is 3.25. The number of aromatic nitrogens is 1. The minimum absolute atomic E-state index is 0.106. The third-order valence-corrected chi connectivity index (χ3v) is 7.76. The second-order valence-corrected chi connectivity index (χ2v) is 11.1. The molecule has 1 aliphatic heterocycles. The highest BCUT2D eigenvalue weighted by molar-refractivity contribution is 7.89. The van der Waals surface area contributed by atoms with E-state index in [0.29, 0.717) is 11.3 Å². The molecule has 0 spiro atoms. The first kappa shape index (κ1) is 24.4. The Balaban J connectivity index is 1.51. The Hall–Kier alpha value is -2.72. The fourth-order valence-electron chi connectivity index (χ4n) is 4.26. The molecular formula is C25H32N4O4S. The number of sulfonamides is 1. The molecule has 0 radical (unpaired) electrons. The Morgan fingerprint density at radius 3 is 2.53 bits per heavy atom. The lowest BCUT2D eigenvalue weighted by Crippen LogP contribution is -2.48. The van der Waals surface area contributed by atoms with E-state index in [-0.39, 0.29) is 36.1 Å². The van der Waals surface area contributed by atoms with Gasteiger partial charge in [-0.2, -0.15) is 4.31 Å². The summed E-state index contributed by atoms with van der Waals surface area (Å²) in [5, 5.41) is 3.93. The van der Waals surface area contributed by atoms with Gasteiger partial charge >= 0.3 is 0 Å². The number of carbonyl (C=O) groups is 1. The van der Waals surface area contributed by atoms with Crippen LogP contribution in [-0.2, 0) is 21.3 Å². The topological polar surface area (TPSA) is 83.9 Å². The number of hydrogen-bond acceptors (Lipinski definition) is 5. The summed E-state index contributed by atoms with van der Waals surface area (Å²) in [5.41, 5.74) is 2.05. The maximum Gasteiger partial charge on any atom is 0.255 e. The molecule has 2 unspecified atom stereocenters. The van der Waals surface area contributed by atoms with Crippen molar-refractivity contribution in [3.63, 3.8) is 0 Å². The zero-order valence-corrected chi connectivity index (χ0v) is 20.9. The molecule has 1 fully saturated rings.